The number of carbonyl (C=O) groups is 1. The highest BCUT2D eigenvalue weighted by molar-refractivity contribution is 9.09. The summed E-state index contributed by atoms with van der Waals surface area (Å²) in [5.41, 5.74) is 0.274. The van der Waals surface area contributed by atoms with Crippen LogP contribution in [0.5, 0.6) is 0 Å². The normalized spacial score (nSPS) is 23.0. The molecule has 18 heavy (non-hydrogen) atoms. The largest absolute Gasteiger partial charge is 0.352 e. The molecule has 0 aromatic carbocycles. The van der Waals surface area contributed by atoms with Crippen molar-refractivity contribution in [2.45, 2.75) is 24.1 Å². The van der Waals surface area contributed by atoms with Crippen molar-refractivity contribution < 1.29 is 4.79 Å². The molecule has 0 bridgehead atoms. The summed E-state index contributed by atoms with van der Waals surface area (Å²) in [6.45, 7) is 0.691. The van der Waals surface area contributed by atoms with E-state index >= 15 is 0 Å². The molecular formula is C13H17BrN2O2. The number of alkyl halides is 1. The summed E-state index contributed by atoms with van der Waals surface area (Å²) in [4.78, 5) is 23.9. The van der Waals surface area contributed by atoms with Gasteiger partial charge >= 0.3 is 0 Å². The molecule has 2 rings (SSSR count). The lowest BCUT2D eigenvalue weighted by Gasteiger charge is -2.11. The summed E-state index contributed by atoms with van der Waals surface area (Å²) in [5, 5.41) is 2.90. The van der Waals surface area contributed by atoms with E-state index in [1.807, 2.05) is 0 Å². The molecule has 0 radical (unpaired) electrons. The average molecular weight is 313 g/mol. The van der Waals surface area contributed by atoms with E-state index in [4.69, 9.17) is 0 Å². The number of aryl methyl sites for hydroxylation is 1. The highest BCUT2D eigenvalue weighted by Gasteiger charge is 2.22. The number of rotatable bonds is 3. The Bertz CT molecular complexity index is 498. The molecule has 98 valence electrons. The van der Waals surface area contributed by atoms with E-state index in [0.29, 0.717) is 22.9 Å². The van der Waals surface area contributed by atoms with E-state index in [9.17, 15) is 9.59 Å². The van der Waals surface area contributed by atoms with Gasteiger partial charge in [0.05, 0.1) is 0 Å². The first-order valence-corrected chi connectivity index (χ1v) is 7.07. The van der Waals surface area contributed by atoms with Crippen LogP contribution < -0.4 is 10.9 Å². The van der Waals surface area contributed by atoms with E-state index in [0.717, 1.165) is 12.8 Å². The Hall–Kier alpha value is -1.10. The zero-order chi connectivity index (χ0) is 13.1. The van der Waals surface area contributed by atoms with Crippen molar-refractivity contribution >= 4 is 21.8 Å². The Balaban J connectivity index is 1.91. The van der Waals surface area contributed by atoms with Crippen LogP contribution in [-0.4, -0.2) is 21.8 Å². The van der Waals surface area contributed by atoms with Gasteiger partial charge in [0.15, 0.2) is 0 Å². The van der Waals surface area contributed by atoms with Crippen LogP contribution in [0.2, 0.25) is 0 Å². The molecule has 2 unspecified atom stereocenters. The first-order valence-electron chi connectivity index (χ1n) is 6.15. The minimum absolute atomic E-state index is 0.161. The highest BCUT2D eigenvalue weighted by atomic mass is 79.9. The molecule has 4 nitrogen and oxygen atoms in total. The molecule has 1 aromatic heterocycles. The van der Waals surface area contributed by atoms with Crippen molar-refractivity contribution in [3.8, 4) is 0 Å². The van der Waals surface area contributed by atoms with E-state index < -0.39 is 0 Å². The zero-order valence-electron chi connectivity index (χ0n) is 10.4. The molecule has 0 saturated heterocycles. The minimum Gasteiger partial charge on any atom is -0.352 e. The Morgan fingerprint density at radius 1 is 1.56 bits per heavy atom. The summed E-state index contributed by atoms with van der Waals surface area (Å²) >= 11 is 3.59. The highest BCUT2D eigenvalue weighted by Crippen LogP contribution is 2.29. The Labute approximate surface area is 115 Å². The van der Waals surface area contributed by atoms with Crippen LogP contribution in [0, 0.1) is 5.92 Å². The maximum absolute atomic E-state index is 11.9. The Morgan fingerprint density at radius 3 is 2.94 bits per heavy atom. The van der Waals surface area contributed by atoms with Gasteiger partial charge in [-0.05, 0) is 31.2 Å². The number of hydrogen-bond donors (Lipinski definition) is 1. The second-order valence-corrected chi connectivity index (χ2v) is 6.15. The average Bonchev–Trinajstić information content (AvgIpc) is 2.75. The van der Waals surface area contributed by atoms with Gasteiger partial charge in [-0.2, -0.15) is 0 Å². The topological polar surface area (TPSA) is 51.1 Å². The van der Waals surface area contributed by atoms with Crippen molar-refractivity contribution in [2.75, 3.05) is 6.54 Å². The van der Waals surface area contributed by atoms with Gasteiger partial charge in [0.2, 0.25) is 0 Å². The van der Waals surface area contributed by atoms with Crippen molar-refractivity contribution in [2.24, 2.45) is 13.0 Å². The summed E-state index contributed by atoms with van der Waals surface area (Å²) < 4.78 is 1.45. The van der Waals surface area contributed by atoms with Crippen LogP contribution in [0.4, 0.5) is 0 Å². The number of amides is 1. The number of carbonyl (C=O) groups excluding carboxylic acids is 1. The first kappa shape index (κ1) is 13.3. The van der Waals surface area contributed by atoms with Gasteiger partial charge < -0.3 is 9.88 Å². The number of nitrogens with one attached hydrogen (secondary N) is 1. The molecule has 5 heteroatoms. The Morgan fingerprint density at radius 2 is 2.33 bits per heavy atom. The van der Waals surface area contributed by atoms with Crippen LogP contribution in [0.15, 0.2) is 23.1 Å². The third-order valence-electron chi connectivity index (χ3n) is 3.40. The zero-order valence-corrected chi connectivity index (χ0v) is 11.9. The lowest BCUT2D eigenvalue weighted by molar-refractivity contribution is 0.0947. The van der Waals surface area contributed by atoms with Crippen LogP contribution in [0.1, 0.15) is 29.6 Å². The van der Waals surface area contributed by atoms with E-state index in [-0.39, 0.29) is 11.5 Å². The van der Waals surface area contributed by atoms with Crippen LogP contribution in [-0.2, 0) is 7.05 Å². The van der Waals surface area contributed by atoms with Crippen molar-refractivity contribution in [3.05, 3.63) is 34.2 Å². The molecule has 1 heterocycles. The molecule has 1 aromatic rings. The molecular weight excluding hydrogens is 296 g/mol. The number of hydrogen-bond acceptors (Lipinski definition) is 2. The number of aromatic nitrogens is 1. The Kier molecular flexibility index (Phi) is 4.22. The van der Waals surface area contributed by atoms with Crippen molar-refractivity contribution in [1.82, 2.24) is 9.88 Å². The van der Waals surface area contributed by atoms with Gasteiger partial charge in [0, 0.05) is 36.2 Å². The SMILES string of the molecule is Cn1ccc(C(=O)NCC2CCC(Br)C2)cc1=O. The molecule has 0 aliphatic heterocycles. The van der Waals surface area contributed by atoms with Gasteiger partial charge in [-0.15, -0.1) is 0 Å². The third-order valence-corrected chi connectivity index (χ3v) is 4.23. The number of nitrogens with zero attached hydrogens (tertiary/aromatic N) is 1. The molecule has 1 amide bonds. The van der Waals surface area contributed by atoms with Gasteiger partial charge in [-0.3, -0.25) is 9.59 Å². The minimum atomic E-state index is -0.163. The van der Waals surface area contributed by atoms with Gasteiger partial charge in [-0.1, -0.05) is 15.9 Å². The summed E-state index contributed by atoms with van der Waals surface area (Å²) in [6.07, 6.45) is 5.04. The summed E-state index contributed by atoms with van der Waals surface area (Å²) in [7, 11) is 1.67. The molecule has 2 atom stereocenters. The molecule has 1 fully saturated rings. The molecule has 1 N–H and O–H groups in total. The van der Waals surface area contributed by atoms with E-state index in [2.05, 4.69) is 21.2 Å². The fourth-order valence-electron chi connectivity index (χ4n) is 2.23. The first-order chi connectivity index (χ1) is 8.56. The maximum Gasteiger partial charge on any atom is 0.251 e. The lowest BCUT2D eigenvalue weighted by Crippen LogP contribution is -2.30. The van der Waals surface area contributed by atoms with E-state index in [1.54, 1.807) is 19.3 Å². The maximum atomic E-state index is 11.9. The fourth-order valence-corrected chi connectivity index (χ4v) is 3.02. The van der Waals surface area contributed by atoms with E-state index in [1.165, 1.54) is 17.1 Å². The molecule has 1 saturated carbocycles. The van der Waals surface area contributed by atoms with Crippen LogP contribution in [0.3, 0.4) is 0 Å². The lowest BCUT2D eigenvalue weighted by atomic mass is 10.1. The summed E-state index contributed by atoms with van der Waals surface area (Å²) in [5.74, 6) is 0.385. The standard InChI is InChI=1S/C13H17BrN2O2/c1-16-5-4-10(7-12(16)17)13(18)15-8-9-2-3-11(14)6-9/h4-5,7,9,11H,2-3,6,8H2,1H3,(H,15,18). The number of halogens is 1. The fraction of sp³-hybridized carbons (Fsp3) is 0.538. The van der Waals surface area contributed by atoms with Gasteiger partial charge in [0.25, 0.3) is 11.5 Å². The van der Waals surface area contributed by atoms with Gasteiger partial charge in [0.1, 0.15) is 0 Å². The third kappa shape index (κ3) is 3.22. The molecule has 1 aliphatic rings. The number of pyridine rings is 1. The van der Waals surface area contributed by atoms with Crippen LogP contribution >= 0.6 is 15.9 Å². The second kappa shape index (κ2) is 5.69. The quantitative estimate of drug-likeness (QED) is 0.863. The molecule has 0 spiro atoms. The molecule has 1 aliphatic carbocycles. The van der Waals surface area contributed by atoms with Crippen molar-refractivity contribution in [1.29, 1.82) is 0 Å². The summed E-state index contributed by atoms with van der Waals surface area (Å²) in [6, 6.07) is 3.04. The predicted molar refractivity (Wildman–Crippen MR) is 74.1 cm³/mol. The second-order valence-electron chi connectivity index (χ2n) is 4.85. The monoisotopic (exact) mass is 312 g/mol. The smallest absolute Gasteiger partial charge is 0.251 e. The predicted octanol–water partition coefficient (Wildman–Crippen LogP) is 1.68. The van der Waals surface area contributed by atoms with Crippen molar-refractivity contribution in [3.63, 3.8) is 0 Å². The van der Waals surface area contributed by atoms with Crippen LogP contribution in [0.25, 0.3) is 0 Å². The van der Waals surface area contributed by atoms with Gasteiger partial charge in [-0.25, -0.2) is 0 Å².